The van der Waals surface area contributed by atoms with Gasteiger partial charge in [0, 0.05) is 18.8 Å². The number of anilines is 1. The molecule has 0 saturated carbocycles. The third kappa shape index (κ3) is 2.71. The summed E-state index contributed by atoms with van der Waals surface area (Å²) in [4.78, 5) is 6.53. The van der Waals surface area contributed by atoms with Gasteiger partial charge in [-0.1, -0.05) is 12.0 Å². The minimum atomic E-state index is 0.528. The lowest BCUT2D eigenvalue weighted by atomic mass is 10.2. The van der Waals surface area contributed by atoms with Crippen LogP contribution in [-0.2, 0) is 6.54 Å². The fourth-order valence-electron chi connectivity index (χ4n) is 1.43. The molecule has 0 amide bonds. The Bertz CT molecular complexity index is 366. The molecule has 0 aliphatic rings. The molecule has 0 aliphatic carbocycles. The highest BCUT2D eigenvalue weighted by Gasteiger charge is 2.05. The number of hydrogen-bond donors (Lipinski definition) is 1. The van der Waals surface area contributed by atoms with Gasteiger partial charge in [-0.15, -0.1) is 6.42 Å². The van der Waals surface area contributed by atoms with Crippen LogP contribution < -0.4 is 10.6 Å². The molecule has 0 aliphatic heterocycles. The topological polar surface area (TPSA) is 42.1 Å². The van der Waals surface area contributed by atoms with Gasteiger partial charge in [0.1, 0.15) is 5.82 Å². The molecular formula is C12H17N3. The fourth-order valence-corrected chi connectivity index (χ4v) is 1.43. The van der Waals surface area contributed by atoms with Gasteiger partial charge in [-0.3, -0.25) is 0 Å². The molecule has 3 nitrogen and oxygen atoms in total. The Balaban J connectivity index is 2.95. The lowest BCUT2D eigenvalue weighted by molar-refractivity contribution is 0.879. The van der Waals surface area contributed by atoms with E-state index in [1.165, 1.54) is 0 Å². The van der Waals surface area contributed by atoms with Gasteiger partial charge in [0.05, 0.1) is 6.54 Å². The second-order valence-electron chi connectivity index (χ2n) is 3.34. The van der Waals surface area contributed by atoms with Crippen LogP contribution in [0.1, 0.15) is 18.2 Å². The van der Waals surface area contributed by atoms with Gasteiger partial charge >= 0.3 is 0 Å². The summed E-state index contributed by atoms with van der Waals surface area (Å²) in [6.45, 7) is 6.00. The van der Waals surface area contributed by atoms with Crippen molar-refractivity contribution in [2.75, 3.05) is 18.0 Å². The second-order valence-corrected chi connectivity index (χ2v) is 3.34. The average molecular weight is 203 g/mol. The first-order valence-electron chi connectivity index (χ1n) is 5.08. The average Bonchev–Trinajstić information content (AvgIpc) is 2.25. The molecule has 0 atom stereocenters. The molecule has 3 heteroatoms. The lowest BCUT2D eigenvalue weighted by Gasteiger charge is -2.19. The highest BCUT2D eigenvalue weighted by atomic mass is 15.2. The van der Waals surface area contributed by atoms with Crippen LogP contribution in [0.4, 0.5) is 5.82 Å². The largest absolute Gasteiger partial charge is 0.346 e. The molecule has 0 aromatic carbocycles. The summed E-state index contributed by atoms with van der Waals surface area (Å²) in [6.07, 6.45) is 5.30. The van der Waals surface area contributed by atoms with E-state index >= 15 is 0 Å². The molecule has 2 N–H and O–H groups in total. The maximum Gasteiger partial charge on any atom is 0.129 e. The number of hydrogen-bond acceptors (Lipinski definition) is 3. The summed E-state index contributed by atoms with van der Waals surface area (Å²) in [5, 5.41) is 0. The normalized spacial score (nSPS) is 9.73. The van der Waals surface area contributed by atoms with Crippen molar-refractivity contribution in [2.45, 2.75) is 20.4 Å². The monoisotopic (exact) mass is 203 g/mol. The molecule has 1 rings (SSSR count). The van der Waals surface area contributed by atoms with E-state index in [1.807, 2.05) is 24.0 Å². The molecule has 0 bridgehead atoms. The first-order chi connectivity index (χ1) is 7.22. The zero-order chi connectivity index (χ0) is 11.3. The molecule has 1 aromatic heterocycles. The third-order valence-electron chi connectivity index (χ3n) is 2.39. The summed E-state index contributed by atoms with van der Waals surface area (Å²) in [6, 6.07) is 3.98. The van der Waals surface area contributed by atoms with E-state index in [2.05, 4.69) is 17.8 Å². The molecule has 0 unspecified atom stereocenters. The van der Waals surface area contributed by atoms with Gasteiger partial charge in [0.25, 0.3) is 0 Å². The van der Waals surface area contributed by atoms with Crippen LogP contribution in [0, 0.1) is 19.3 Å². The molecule has 0 spiro atoms. The number of aryl methyl sites for hydroxylation is 1. The van der Waals surface area contributed by atoms with Gasteiger partial charge in [0.2, 0.25) is 0 Å². The van der Waals surface area contributed by atoms with Crippen molar-refractivity contribution >= 4 is 5.82 Å². The minimum Gasteiger partial charge on any atom is -0.346 e. The van der Waals surface area contributed by atoms with Gasteiger partial charge in [-0.2, -0.15) is 0 Å². The van der Waals surface area contributed by atoms with Crippen LogP contribution in [0.5, 0.6) is 0 Å². The Morgan fingerprint density at radius 1 is 1.53 bits per heavy atom. The number of rotatable bonds is 4. The van der Waals surface area contributed by atoms with Crippen LogP contribution in [0.15, 0.2) is 12.1 Å². The standard InChI is InChI=1S/C12H17N3/c1-4-8-15(5-2)12-7-6-11(9-13)10(3)14-12/h1,6-7H,5,8-9,13H2,2-3H3. The summed E-state index contributed by atoms with van der Waals surface area (Å²) >= 11 is 0. The van der Waals surface area contributed by atoms with Gasteiger partial charge in [0.15, 0.2) is 0 Å². The van der Waals surface area contributed by atoms with Crippen LogP contribution in [-0.4, -0.2) is 18.1 Å². The molecule has 1 aromatic rings. The minimum absolute atomic E-state index is 0.528. The zero-order valence-corrected chi connectivity index (χ0v) is 9.33. The zero-order valence-electron chi connectivity index (χ0n) is 9.33. The summed E-state index contributed by atoms with van der Waals surface area (Å²) < 4.78 is 0. The predicted octanol–water partition coefficient (Wildman–Crippen LogP) is 1.31. The summed E-state index contributed by atoms with van der Waals surface area (Å²) in [5.74, 6) is 3.55. The van der Waals surface area contributed by atoms with Crippen molar-refractivity contribution in [3.8, 4) is 12.3 Å². The Morgan fingerprint density at radius 2 is 2.27 bits per heavy atom. The van der Waals surface area contributed by atoms with Crippen LogP contribution in [0.3, 0.4) is 0 Å². The Morgan fingerprint density at radius 3 is 2.73 bits per heavy atom. The van der Waals surface area contributed by atoms with E-state index in [0.717, 1.165) is 23.6 Å². The second kappa shape index (κ2) is 5.38. The van der Waals surface area contributed by atoms with Crippen LogP contribution >= 0.6 is 0 Å². The third-order valence-corrected chi connectivity index (χ3v) is 2.39. The quantitative estimate of drug-likeness (QED) is 0.750. The molecule has 80 valence electrons. The van der Waals surface area contributed by atoms with Crippen LogP contribution in [0.25, 0.3) is 0 Å². The smallest absolute Gasteiger partial charge is 0.129 e. The summed E-state index contributed by atoms with van der Waals surface area (Å²) in [7, 11) is 0. The van der Waals surface area contributed by atoms with Gasteiger partial charge in [-0.25, -0.2) is 4.98 Å². The van der Waals surface area contributed by atoms with E-state index < -0.39 is 0 Å². The maximum atomic E-state index is 5.58. The Labute approximate surface area is 91.3 Å². The van der Waals surface area contributed by atoms with Crippen molar-refractivity contribution < 1.29 is 0 Å². The SMILES string of the molecule is C#CCN(CC)c1ccc(CN)c(C)n1. The molecule has 0 radical (unpaired) electrons. The van der Waals surface area contributed by atoms with Gasteiger partial charge in [-0.05, 0) is 25.5 Å². The van der Waals surface area contributed by atoms with Crippen molar-refractivity contribution in [3.63, 3.8) is 0 Å². The molecule has 15 heavy (non-hydrogen) atoms. The van der Waals surface area contributed by atoms with Gasteiger partial charge < -0.3 is 10.6 Å². The van der Waals surface area contributed by atoms with E-state index in [1.54, 1.807) is 0 Å². The molecule has 0 saturated heterocycles. The maximum absolute atomic E-state index is 5.58. The first kappa shape index (κ1) is 11.5. The summed E-state index contributed by atoms with van der Waals surface area (Å²) in [5.41, 5.74) is 7.64. The number of aromatic nitrogens is 1. The van der Waals surface area contributed by atoms with E-state index in [9.17, 15) is 0 Å². The molecule has 0 fully saturated rings. The van der Waals surface area contributed by atoms with Crippen LogP contribution in [0.2, 0.25) is 0 Å². The fraction of sp³-hybridized carbons (Fsp3) is 0.417. The number of nitrogens with zero attached hydrogens (tertiary/aromatic N) is 2. The lowest BCUT2D eigenvalue weighted by Crippen LogP contribution is -2.24. The molecule has 1 heterocycles. The number of terminal acetylenes is 1. The van der Waals surface area contributed by atoms with Crippen molar-refractivity contribution in [2.24, 2.45) is 5.73 Å². The van der Waals surface area contributed by atoms with E-state index in [0.29, 0.717) is 13.1 Å². The number of pyridine rings is 1. The van der Waals surface area contributed by atoms with Crippen molar-refractivity contribution in [3.05, 3.63) is 23.4 Å². The van der Waals surface area contributed by atoms with Crippen molar-refractivity contribution in [1.82, 2.24) is 4.98 Å². The van der Waals surface area contributed by atoms with Crippen molar-refractivity contribution in [1.29, 1.82) is 0 Å². The highest BCUT2D eigenvalue weighted by molar-refractivity contribution is 5.42. The Hall–Kier alpha value is -1.53. The number of nitrogens with two attached hydrogens (primary N) is 1. The Kier molecular flexibility index (Phi) is 4.14. The predicted molar refractivity (Wildman–Crippen MR) is 63.6 cm³/mol. The highest BCUT2D eigenvalue weighted by Crippen LogP contribution is 2.13. The first-order valence-corrected chi connectivity index (χ1v) is 5.08. The van der Waals surface area contributed by atoms with E-state index in [4.69, 9.17) is 12.2 Å². The van der Waals surface area contributed by atoms with E-state index in [-0.39, 0.29) is 0 Å². The molecular weight excluding hydrogens is 186 g/mol.